The lowest BCUT2D eigenvalue weighted by Crippen LogP contribution is -2.14. The highest BCUT2D eigenvalue weighted by molar-refractivity contribution is 5.91. The van der Waals surface area contributed by atoms with Crippen molar-refractivity contribution in [3.63, 3.8) is 0 Å². The molecule has 2 aromatic rings. The van der Waals surface area contributed by atoms with Gasteiger partial charge in [0.25, 0.3) is 0 Å². The zero-order valence-electron chi connectivity index (χ0n) is 11.6. The van der Waals surface area contributed by atoms with E-state index in [0.717, 1.165) is 17.2 Å². The summed E-state index contributed by atoms with van der Waals surface area (Å²) in [4.78, 5) is 11.8. The second kappa shape index (κ2) is 6.35. The van der Waals surface area contributed by atoms with Crippen LogP contribution < -0.4 is 11.1 Å². The standard InChI is InChI=1S/C16H16F2N2O/c1-10-2-4-11(5-3-10)6-7-16(21)20-15-9-14(19)12(17)8-13(15)18/h2-5,8-9H,6-7,19H2,1H3,(H,20,21). The number of carbonyl (C=O) groups excluding carboxylic acids is 1. The van der Waals surface area contributed by atoms with E-state index in [1.807, 2.05) is 31.2 Å². The first-order chi connectivity index (χ1) is 9.95. The fraction of sp³-hybridized carbons (Fsp3) is 0.188. The van der Waals surface area contributed by atoms with Gasteiger partial charge in [0.15, 0.2) is 0 Å². The van der Waals surface area contributed by atoms with Gasteiger partial charge in [0.1, 0.15) is 11.6 Å². The van der Waals surface area contributed by atoms with Gasteiger partial charge in [0.05, 0.1) is 11.4 Å². The minimum atomic E-state index is -0.842. The minimum Gasteiger partial charge on any atom is -0.396 e. The summed E-state index contributed by atoms with van der Waals surface area (Å²) in [6.07, 6.45) is 0.754. The fourth-order valence-corrected chi connectivity index (χ4v) is 1.89. The molecule has 0 atom stereocenters. The van der Waals surface area contributed by atoms with E-state index in [2.05, 4.69) is 5.32 Å². The molecule has 0 aromatic heterocycles. The first-order valence-electron chi connectivity index (χ1n) is 6.55. The molecule has 0 saturated heterocycles. The monoisotopic (exact) mass is 290 g/mol. The quantitative estimate of drug-likeness (QED) is 0.848. The molecule has 0 aliphatic carbocycles. The third-order valence-corrected chi connectivity index (χ3v) is 3.12. The van der Waals surface area contributed by atoms with Crippen molar-refractivity contribution in [2.24, 2.45) is 0 Å². The Morgan fingerprint density at radius 3 is 2.48 bits per heavy atom. The number of benzene rings is 2. The third-order valence-electron chi connectivity index (χ3n) is 3.12. The SMILES string of the molecule is Cc1ccc(CCC(=O)Nc2cc(N)c(F)cc2F)cc1. The first kappa shape index (κ1) is 15.0. The molecule has 0 fully saturated rings. The number of halogens is 2. The van der Waals surface area contributed by atoms with Gasteiger partial charge in [0, 0.05) is 12.5 Å². The average molecular weight is 290 g/mol. The van der Waals surface area contributed by atoms with Gasteiger partial charge in [-0.1, -0.05) is 29.8 Å². The molecule has 1 amide bonds. The molecular formula is C16H16F2N2O. The number of nitrogens with one attached hydrogen (secondary N) is 1. The molecule has 0 bridgehead atoms. The minimum absolute atomic E-state index is 0.109. The molecule has 2 rings (SSSR count). The second-order valence-corrected chi connectivity index (χ2v) is 4.89. The lowest BCUT2D eigenvalue weighted by molar-refractivity contribution is -0.116. The Labute approximate surface area is 121 Å². The predicted molar refractivity (Wildman–Crippen MR) is 78.9 cm³/mol. The van der Waals surface area contributed by atoms with Crippen molar-refractivity contribution in [2.45, 2.75) is 19.8 Å². The van der Waals surface area contributed by atoms with E-state index in [0.29, 0.717) is 12.5 Å². The zero-order chi connectivity index (χ0) is 15.4. The van der Waals surface area contributed by atoms with E-state index < -0.39 is 11.6 Å². The summed E-state index contributed by atoms with van der Waals surface area (Å²) in [5.74, 6) is -2.03. The summed E-state index contributed by atoms with van der Waals surface area (Å²) in [6.45, 7) is 1.98. The maximum absolute atomic E-state index is 13.5. The molecule has 110 valence electrons. The third kappa shape index (κ3) is 4.02. The van der Waals surface area contributed by atoms with Crippen molar-refractivity contribution in [3.05, 3.63) is 59.2 Å². The Kier molecular flexibility index (Phi) is 4.52. The molecule has 5 heteroatoms. The largest absolute Gasteiger partial charge is 0.396 e. The van der Waals surface area contributed by atoms with Crippen LogP contribution in [0.4, 0.5) is 20.2 Å². The van der Waals surface area contributed by atoms with Crippen molar-refractivity contribution in [3.8, 4) is 0 Å². The highest BCUT2D eigenvalue weighted by Gasteiger charge is 2.11. The normalized spacial score (nSPS) is 10.4. The molecule has 2 aromatic carbocycles. The molecule has 3 nitrogen and oxygen atoms in total. The molecule has 0 spiro atoms. The number of rotatable bonds is 4. The summed E-state index contributed by atoms with van der Waals surface area (Å²) in [5.41, 5.74) is 7.21. The number of amides is 1. The van der Waals surface area contributed by atoms with Crippen LogP contribution >= 0.6 is 0 Å². The summed E-state index contributed by atoms with van der Waals surface area (Å²) in [5, 5.41) is 2.40. The lowest BCUT2D eigenvalue weighted by Gasteiger charge is -2.08. The number of anilines is 2. The Hall–Kier alpha value is -2.43. The van der Waals surface area contributed by atoms with Crippen LogP contribution in [0.5, 0.6) is 0 Å². The highest BCUT2D eigenvalue weighted by Crippen LogP contribution is 2.21. The van der Waals surface area contributed by atoms with Crippen LogP contribution in [0.25, 0.3) is 0 Å². The highest BCUT2D eigenvalue weighted by atomic mass is 19.1. The van der Waals surface area contributed by atoms with Gasteiger partial charge in [-0.05, 0) is 25.0 Å². The molecular weight excluding hydrogens is 274 g/mol. The van der Waals surface area contributed by atoms with Gasteiger partial charge in [-0.25, -0.2) is 8.78 Å². The van der Waals surface area contributed by atoms with Crippen molar-refractivity contribution < 1.29 is 13.6 Å². The second-order valence-electron chi connectivity index (χ2n) is 4.89. The predicted octanol–water partition coefficient (Wildman–Crippen LogP) is 3.43. The van der Waals surface area contributed by atoms with Gasteiger partial charge >= 0.3 is 0 Å². The van der Waals surface area contributed by atoms with E-state index >= 15 is 0 Å². The number of nitrogen functional groups attached to an aromatic ring is 1. The number of carbonyl (C=O) groups is 1. The van der Waals surface area contributed by atoms with Gasteiger partial charge in [-0.15, -0.1) is 0 Å². The van der Waals surface area contributed by atoms with Crippen molar-refractivity contribution in [1.29, 1.82) is 0 Å². The van der Waals surface area contributed by atoms with Crippen LogP contribution in [-0.2, 0) is 11.2 Å². The lowest BCUT2D eigenvalue weighted by atomic mass is 10.1. The van der Waals surface area contributed by atoms with Crippen LogP contribution in [0.15, 0.2) is 36.4 Å². The van der Waals surface area contributed by atoms with Crippen molar-refractivity contribution in [1.82, 2.24) is 0 Å². The van der Waals surface area contributed by atoms with E-state index in [-0.39, 0.29) is 23.7 Å². The number of nitrogens with two attached hydrogens (primary N) is 1. The van der Waals surface area contributed by atoms with E-state index in [1.54, 1.807) is 0 Å². The van der Waals surface area contributed by atoms with Crippen LogP contribution in [0.2, 0.25) is 0 Å². The van der Waals surface area contributed by atoms with Gasteiger partial charge < -0.3 is 11.1 Å². The van der Waals surface area contributed by atoms with Gasteiger partial charge in [-0.2, -0.15) is 0 Å². The Balaban J connectivity index is 1.96. The molecule has 0 saturated carbocycles. The fourth-order valence-electron chi connectivity index (χ4n) is 1.89. The smallest absolute Gasteiger partial charge is 0.224 e. The Bertz CT molecular complexity index is 654. The first-order valence-corrected chi connectivity index (χ1v) is 6.55. The summed E-state index contributed by atoms with van der Waals surface area (Å²) in [6, 6.07) is 9.55. The molecule has 21 heavy (non-hydrogen) atoms. The molecule has 0 aliphatic heterocycles. The van der Waals surface area contributed by atoms with E-state index in [9.17, 15) is 13.6 Å². The Morgan fingerprint density at radius 1 is 1.14 bits per heavy atom. The van der Waals surface area contributed by atoms with Gasteiger partial charge in [0.2, 0.25) is 5.91 Å². The molecule has 0 heterocycles. The number of hydrogen-bond donors (Lipinski definition) is 2. The maximum atomic E-state index is 13.5. The molecule has 3 N–H and O–H groups in total. The van der Waals surface area contributed by atoms with Crippen LogP contribution in [0, 0.1) is 18.6 Å². The van der Waals surface area contributed by atoms with E-state index in [4.69, 9.17) is 5.73 Å². The topological polar surface area (TPSA) is 55.1 Å². The average Bonchev–Trinajstić information content (AvgIpc) is 2.44. The Morgan fingerprint density at radius 2 is 1.81 bits per heavy atom. The van der Waals surface area contributed by atoms with Crippen LogP contribution in [-0.4, -0.2) is 5.91 Å². The zero-order valence-corrected chi connectivity index (χ0v) is 11.6. The van der Waals surface area contributed by atoms with Crippen molar-refractivity contribution >= 4 is 17.3 Å². The number of aryl methyl sites for hydroxylation is 2. The summed E-state index contributed by atoms with van der Waals surface area (Å²) < 4.78 is 26.5. The molecule has 0 aliphatic rings. The summed E-state index contributed by atoms with van der Waals surface area (Å²) >= 11 is 0. The van der Waals surface area contributed by atoms with Crippen LogP contribution in [0.1, 0.15) is 17.5 Å². The van der Waals surface area contributed by atoms with Gasteiger partial charge in [-0.3, -0.25) is 4.79 Å². The van der Waals surface area contributed by atoms with Crippen LogP contribution in [0.3, 0.4) is 0 Å². The molecule has 0 radical (unpaired) electrons. The summed E-state index contributed by atoms with van der Waals surface area (Å²) in [7, 11) is 0. The maximum Gasteiger partial charge on any atom is 0.224 e. The van der Waals surface area contributed by atoms with E-state index in [1.165, 1.54) is 0 Å². The number of hydrogen-bond acceptors (Lipinski definition) is 2. The molecule has 0 unspecified atom stereocenters. The van der Waals surface area contributed by atoms with Crippen molar-refractivity contribution in [2.75, 3.05) is 11.1 Å².